The van der Waals surface area contributed by atoms with Gasteiger partial charge in [-0.1, -0.05) is 18.2 Å². The topological polar surface area (TPSA) is 77.3 Å². The number of likely N-dealkylation sites (tertiary alicyclic amines) is 1. The van der Waals surface area contributed by atoms with E-state index in [-0.39, 0.29) is 17.7 Å². The molecular weight excluding hydrogens is 316 g/mol. The number of nitrogens with zero attached hydrogens (tertiary/aromatic N) is 3. The Bertz CT molecular complexity index is 927. The molecule has 1 fully saturated rings. The highest BCUT2D eigenvalue weighted by Gasteiger charge is 2.38. The molecule has 6 nitrogen and oxygen atoms in total. The van der Waals surface area contributed by atoms with Crippen LogP contribution in [0.15, 0.2) is 41.1 Å². The van der Waals surface area contributed by atoms with Crippen LogP contribution in [-0.4, -0.2) is 33.7 Å². The van der Waals surface area contributed by atoms with Gasteiger partial charge in [-0.05, 0) is 18.6 Å². The predicted molar refractivity (Wildman–Crippen MR) is 94.9 cm³/mol. The molecule has 2 N–H and O–H groups in total. The Kier molecular flexibility index (Phi) is 3.84. The van der Waals surface area contributed by atoms with Crippen LogP contribution in [0.25, 0.3) is 11.0 Å². The molecule has 130 valence electrons. The molecule has 2 aromatic heterocycles. The molecule has 1 aliphatic heterocycles. The van der Waals surface area contributed by atoms with Crippen LogP contribution in [0.2, 0.25) is 0 Å². The van der Waals surface area contributed by atoms with Crippen molar-refractivity contribution >= 4 is 16.9 Å². The van der Waals surface area contributed by atoms with Gasteiger partial charge in [0.2, 0.25) is 5.91 Å². The summed E-state index contributed by atoms with van der Waals surface area (Å²) in [7, 11) is 1.89. The number of rotatable bonds is 4. The molecule has 0 spiro atoms. The highest BCUT2D eigenvalue weighted by molar-refractivity contribution is 5.82. The van der Waals surface area contributed by atoms with Crippen molar-refractivity contribution in [2.75, 3.05) is 13.1 Å². The van der Waals surface area contributed by atoms with Gasteiger partial charge in [0.1, 0.15) is 11.3 Å². The summed E-state index contributed by atoms with van der Waals surface area (Å²) in [4.78, 5) is 14.3. The van der Waals surface area contributed by atoms with E-state index in [1.165, 1.54) is 5.56 Å². The maximum Gasteiger partial charge on any atom is 0.222 e. The number of nitrogens with two attached hydrogens (primary N) is 1. The number of para-hydroxylation sites is 1. The second-order valence-corrected chi connectivity index (χ2v) is 6.89. The molecule has 3 aromatic rings. The minimum absolute atomic E-state index is 0.0877. The van der Waals surface area contributed by atoms with Gasteiger partial charge in [0, 0.05) is 49.7 Å². The van der Waals surface area contributed by atoms with Crippen LogP contribution in [0.5, 0.6) is 0 Å². The molecule has 3 heterocycles. The van der Waals surface area contributed by atoms with E-state index >= 15 is 0 Å². The van der Waals surface area contributed by atoms with Crippen molar-refractivity contribution in [3.05, 3.63) is 53.5 Å². The number of hydrogen-bond donors (Lipinski definition) is 1. The first-order valence-corrected chi connectivity index (χ1v) is 8.50. The second-order valence-electron chi connectivity index (χ2n) is 6.89. The third-order valence-electron chi connectivity index (χ3n) is 5.20. The van der Waals surface area contributed by atoms with Crippen molar-refractivity contribution < 1.29 is 9.21 Å². The molecule has 1 saturated heterocycles. The zero-order chi connectivity index (χ0) is 17.6. The van der Waals surface area contributed by atoms with Crippen molar-refractivity contribution in [3.63, 3.8) is 0 Å². The summed E-state index contributed by atoms with van der Waals surface area (Å²) in [6.07, 6.45) is 3.81. The summed E-state index contributed by atoms with van der Waals surface area (Å²) < 4.78 is 7.63. The van der Waals surface area contributed by atoms with E-state index in [1.807, 2.05) is 44.6 Å². The van der Waals surface area contributed by atoms with E-state index in [4.69, 9.17) is 10.2 Å². The molecule has 1 amide bonds. The number of hydrogen-bond acceptors (Lipinski definition) is 4. The quantitative estimate of drug-likeness (QED) is 0.791. The predicted octanol–water partition coefficient (Wildman–Crippen LogP) is 2.18. The average molecular weight is 338 g/mol. The van der Waals surface area contributed by atoms with Gasteiger partial charge in [0.25, 0.3) is 0 Å². The van der Waals surface area contributed by atoms with Crippen molar-refractivity contribution in [1.29, 1.82) is 0 Å². The smallest absolute Gasteiger partial charge is 0.222 e. The Labute approximate surface area is 146 Å². The molecule has 25 heavy (non-hydrogen) atoms. The fraction of sp³-hybridized carbons (Fsp3) is 0.368. The molecule has 2 atom stereocenters. The van der Waals surface area contributed by atoms with Crippen molar-refractivity contribution in [3.8, 4) is 0 Å². The first-order chi connectivity index (χ1) is 12.0. The summed E-state index contributed by atoms with van der Waals surface area (Å²) in [6, 6.07) is 8.07. The van der Waals surface area contributed by atoms with Crippen LogP contribution in [-0.2, 0) is 18.4 Å². The third kappa shape index (κ3) is 2.82. The minimum Gasteiger partial charge on any atom is -0.461 e. The Hall–Kier alpha value is -2.60. The number of furan rings is 1. The van der Waals surface area contributed by atoms with Crippen LogP contribution in [0, 0.1) is 12.8 Å². The maximum atomic E-state index is 12.0. The first kappa shape index (κ1) is 15.9. The van der Waals surface area contributed by atoms with Crippen molar-refractivity contribution in [2.24, 2.45) is 18.7 Å². The Balaban J connectivity index is 1.61. The highest BCUT2D eigenvalue weighted by atomic mass is 16.3. The first-order valence-electron chi connectivity index (χ1n) is 8.50. The lowest BCUT2D eigenvalue weighted by Gasteiger charge is -2.15. The summed E-state index contributed by atoms with van der Waals surface area (Å²) in [6.45, 7) is 4.20. The van der Waals surface area contributed by atoms with Gasteiger partial charge in [-0.3, -0.25) is 14.4 Å². The van der Waals surface area contributed by atoms with Crippen molar-refractivity contribution in [2.45, 2.75) is 19.4 Å². The van der Waals surface area contributed by atoms with Gasteiger partial charge in [0.05, 0.1) is 12.1 Å². The van der Waals surface area contributed by atoms with E-state index in [1.54, 1.807) is 4.68 Å². The normalized spacial score (nSPS) is 21.2. The number of benzene rings is 1. The van der Waals surface area contributed by atoms with E-state index in [9.17, 15) is 4.79 Å². The number of aromatic nitrogens is 2. The van der Waals surface area contributed by atoms with Gasteiger partial charge in [-0.25, -0.2) is 0 Å². The zero-order valence-electron chi connectivity index (χ0n) is 14.5. The van der Waals surface area contributed by atoms with Crippen LogP contribution in [0.1, 0.15) is 22.8 Å². The minimum atomic E-state index is -0.245. The van der Waals surface area contributed by atoms with E-state index in [2.05, 4.69) is 16.1 Å². The van der Waals surface area contributed by atoms with E-state index < -0.39 is 0 Å². The Morgan fingerprint density at radius 1 is 1.36 bits per heavy atom. The van der Waals surface area contributed by atoms with Gasteiger partial charge in [-0.15, -0.1) is 0 Å². The van der Waals surface area contributed by atoms with Gasteiger partial charge < -0.3 is 10.2 Å². The Morgan fingerprint density at radius 2 is 2.16 bits per heavy atom. The molecule has 0 unspecified atom stereocenters. The number of fused-ring (bicyclic) bond motifs is 1. The van der Waals surface area contributed by atoms with Crippen LogP contribution in [0.4, 0.5) is 0 Å². The molecule has 1 aromatic carbocycles. The zero-order valence-corrected chi connectivity index (χ0v) is 14.5. The number of aryl methyl sites for hydroxylation is 2. The number of carbonyl (C=O) groups is 1. The van der Waals surface area contributed by atoms with Crippen molar-refractivity contribution in [1.82, 2.24) is 14.7 Å². The summed E-state index contributed by atoms with van der Waals surface area (Å²) in [5.41, 5.74) is 8.84. The molecule has 0 radical (unpaired) electrons. The van der Waals surface area contributed by atoms with E-state index in [0.717, 1.165) is 35.4 Å². The lowest BCUT2D eigenvalue weighted by Crippen LogP contribution is -2.29. The molecule has 0 saturated carbocycles. The monoisotopic (exact) mass is 338 g/mol. The highest BCUT2D eigenvalue weighted by Crippen LogP contribution is 2.35. The standard InChI is InChI=1S/C19H22N4O2/c1-12-15(14-5-3-4-6-18(14)25-12)9-23-10-16(17(11-23)19(20)24)13-7-21-22(2)8-13/h3-8,16-17H,9-11H2,1-2H3,(H2,20,24)/t16-,17+/m1/s1. The number of primary amides is 1. The van der Waals surface area contributed by atoms with Crippen LogP contribution in [0.3, 0.4) is 0 Å². The van der Waals surface area contributed by atoms with Gasteiger partial charge in [-0.2, -0.15) is 5.10 Å². The fourth-order valence-corrected chi connectivity index (χ4v) is 3.91. The van der Waals surface area contributed by atoms with Crippen LogP contribution >= 0.6 is 0 Å². The SMILES string of the molecule is Cc1oc2ccccc2c1CN1C[C@H](C(N)=O)[C@@H](c2cnn(C)c2)C1. The molecule has 0 aliphatic carbocycles. The van der Waals surface area contributed by atoms with Crippen LogP contribution < -0.4 is 5.73 Å². The molecule has 0 bridgehead atoms. The van der Waals surface area contributed by atoms with E-state index in [0.29, 0.717) is 6.54 Å². The average Bonchev–Trinajstić information content (AvgIpc) is 3.26. The lowest BCUT2D eigenvalue weighted by atomic mass is 9.90. The Morgan fingerprint density at radius 3 is 2.88 bits per heavy atom. The number of carbonyl (C=O) groups excluding carboxylic acids is 1. The summed E-state index contributed by atoms with van der Waals surface area (Å²) in [5, 5.41) is 5.38. The summed E-state index contributed by atoms with van der Waals surface area (Å²) >= 11 is 0. The van der Waals surface area contributed by atoms with Gasteiger partial charge >= 0.3 is 0 Å². The molecule has 6 heteroatoms. The molecule has 4 rings (SSSR count). The maximum absolute atomic E-state index is 12.0. The largest absolute Gasteiger partial charge is 0.461 e. The molecular formula is C19H22N4O2. The third-order valence-corrected chi connectivity index (χ3v) is 5.20. The van der Waals surface area contributed by atoms with Gasteiger partial charge in [0.15, 0.2) is 0 Å². The lowest BCUT2D eigenvalue weighted by molar-refractivity contribution is -0.121. The second kappa shape index (κ2) is 6.04. The molecule has 1 aliphatic rings. The fourth-order valence-electron chi connectivity index (χ4n) is 3.91. The number of amides is 1. The summed E-state index contributed by atoms with van der Waals surface area (Å²) in [5.74, 6) is 0.583.